The molecule has 1 unspecified atom stereocenters. The third kappa shape index (κ3) is 5.13. The first-order valence-corrected chi connectivity index (χ1v) is 6.03. The maximum atomic E-state index is 2.38. The summed E-state index contributed by atoms with van der Waals surface area (Å²) in [4.78, 5) is 0. The molecular weight excluding hydrogens is 156 g/mol. The van der Waals surface area contributed by atoms with Crippen molar-refractivity contribution >= 4 is 0 Å². The number of hydrogen-bond acceptors (Lipinski definition) is 0. The molecule has 0 nitrogen and oxygen atoms in total. The third-order valence-electron chi connectivity index (χ3n) is 3.06. The van der Waals surface area contributed by atoms with Gasteiger partial charge in [-0.3, -0.25) is 0 Å². The lowest BCUT2D eigenvalue weighted by atomic mass is 10.00. The highest BCUT2D eigenvalue weighted by atomic mass is 14.2. The molecule has 0 aromatic carbocycles. The molecule has 0 saturated heterocycles. The van der Waals surface area contributed by atoms with Crippen molar-refractivity contribution in [3.05, 3.63) is 11.6 Å². The highest BCUT2D eigenvalue weighted by Gasteiger charge is 2.14. The van der Waals surface area contributed by atoms with Gasteiger partial charge in [0.1, 0.15) is 0 Å². The molecule has 0 aromatic rings. The van der Waals surface area contributed by atoms with E-state index in [1.54, 1.807) is 5.57 Å². The lowest BCUT2D eigenvalue weighted by molar-refractivity contribution is 0.534. The van der Waals surface area contributed by atoms with Gasteiger partial charge in [-0.25, -0.2) is 0 Å². The third-order valence-corrected chi connectivity index (χ3v) is 3.06. The van der Waals surface area contributed by atoms with E-state index in [-0.39, 0.29) is 0 Å². The molecule has 0 bridgehead atoms. The summed E-state index contributed by atoms with van der Waals surface area (Å²) in [5, 5.41) is 0. The summed E-state index contributed by atoms with van der Waals surface area (Å²) in [5.74, 6) is 0.895. The molecule has 0 heteroatoms. The minimum Gasteiger partial charge on any atom is -0.0807 e. The summed E-state index contributed by atoms with van der Waals surface area (Å²) in [6.07, 6.45) is 13.7. The summed E-state index contributed by atoms with van der Waals surface area (Å²) in [7, 11) is 0. The summed E-state index contributed by atoms with van der Waals surface area (Å²) >= 11 is 0. The van der Waals surface area contributed by atoms with Crippen molar-refractivity contribution < 1.29 is 0 Å². The Balaban J connectivity index is 1.80. The monoisotopic (exact) mass is 180 g/mol. The van der Waals surface area contributed by atoms with Crippen molar-refractivity contribution in [2.75, 3.05) is 0 Å². The smallest absolute Gasteiger partial charge is 0.0133 e. The quantitative estimate of drug-likeness (QED) is 0.375. The molecule has 13 heavy (non-hydrogen) atoms. The average Bonchev–Trinajstić information content (AvgIpc) is 2.93. The van der Waals surface area contributed by atoms with Crippen molar-refractivity contribution in [1.82, 2.24) is 0 Å². The van der Waals surface area contributed by atoms with Crippen LogP contribution in [0.2, 0.25) is 0 Å². The van der Waals surface area contributed by atoms with Crippen LogP contribution in [0.1, 0.15) is 65.2 Å². The maximum Gasteiger partial charge on any atom is -0.0133 e. The van der Waals surface area contributed by atoms with Crippen LogP contribution in [0.5, 0.6) is 0 Å². The Morgan fingerprint density at radius 3 is 2.38 bits per heavy atom. The van der Waals surface area contributed by atoms with Crippen LogP contribution in [0, 0.1) is 5.92 Å². The molecule has 1 atom stereocenters. The van der Waals surface area contributed by atoms with Gasteiger partial charge in [-0.05, 0) is 18.8 Å². The fraction of sp³-hybridized carbons (Fsp3) is 0.846. The van der Waals surface area contributed by atoms with Gasteiger partial charge in [0.2, 0.25) is 0 Å². The van der Waals surface area contributed by atoms with E-state index in [1.807, 2.05) is 0 Å². The summed E-state index contributed by atoms with van der Waals surface area (Å²) < 4.78 is 0. The van der Waals surface area contributed by atoms with Gasteiger partial charge in [0.15, 0.2) is 0 Å². The van der Waals surface area contributed by atoms with Crippen LogP contribution < -0.4 is 0 Å². The summed E-state index contributed by atoms with van der Waals surface area (Å²) in [6.45, 7) is 4.66. The highest BCUT2D eigenvalue weighted by molar-refractivity contribution is 5.23. The van der Waals surface area contributed by atoms with Gasteiger partial charge in [-0.1, -0.05) is 64.0 Å². The number of allylic oxidation sites excluding steroid dienone is 2. The summed E-state index contributed by atoms with van der Waals surface area (Å²) in [6, 6.07) is 0. The van der Waals surface area contributed by atoms with Gasteiger partial charge in [0.25, 0.3) is 0 Å². The number of unbranched alkanes of at least 4 members (excludes halogenated alkanes) is 5. The number of hydrogen-bond donors (Lipinski definition) is 0. The van der Waals surface area contributed by atoms with E-state index in [0.717, 1.165) is 5.92 Å². The zero-order valence-corrected chi connectivity index (χ0v) is 9.31. The Kier molecular flexibility index (Phi) is 5.19. The van der Waals surface area contributed by atoms with E-state index in [0.29, 0.717) is 0 Å². The Labute approximate surface area is 83.4 Å². The minimum absolute atomic E-state index is 0.895. The largest absolute Gasteiger partial charge is 0.0807 e. The van der Waals surface area contributed by atoms with Crippen molar-refractivity contribution in [3.8, 4) is 0 Å². The van der Waals surface area contributed by atoms with Crippen LogP contribution in [0.3, 0.4) is 0 Å². The van der Waals surface area contributed by atoms with Crippen molar-refractivity contribution in [2.45, 2.75) is 65.2 Å². The highest BCUT2D eigenvalue weighted by Crippen LogP contribution is 2.30. The Morgan fingerprint density at radius 1 is 1.15 bits per heavy atom. The van der Waals surface area contributed by atoms with Crippen LogP contribution in [0.4, 0.5) is 0 Å². The molecule has 0 fully saturated rings. The lowest BCUT2D eigenvalue weighted by Crippen LogP contribution is -1.91. The van der Waals surface area contributed by atoms with E-state index in [2.05, 4.69) is 19.9 Å². The van der Waals surface area contributed by atoms with Gasteiger partial charge in [-0.2, -0.15) is 0 Å². The van der Waals surface area contributed by atoms with E-state index >= 15 is 0 Å². The molecule has 0 amide bonds. The molecule has 0 aromatic heterocycles. The molecule has 0 heterocycles. The second-order valence-electron chi connectivity index (χ2n) is 4.44. The molecule has 0 N–H and O–H groups in total. The Bertz CT molecular complexity index is 155. The molecular formula is C13H24. The first-order valence-electron chi connectivity index (χ1n) is 6.03. The van der Waals surface area contributed by atoms with Crippen molar-refractivity contribution in [1.29, 1.82) is 0 Å². The molecule has 0 aliphatic heterocycles. The molecule has 0 radical (unpaired) electrons. The fourth-order valence-corrected chi connectivity index (χ4v) is 1.88. The van der Waals surface area contributed by atoms with E-state index < -0.39 is 0 Å². The second kappa shape index (κ2) is 6.23. The predicted octanol–water partition coefficient (Wildman–Crippen LogP) is 4.70. The lowest BCUT2D eigenvalue weighted by Gasteiger charge is -2.06. The molecule has 0 spiro atoms. The van der Waals surface area contributed by atoms with E-state index in [4.69, 9.17) is 0 Å². The average molecular weight is 180 g/mol. The van der Waals surface area contributed by atoms with Gasteiger partial charge < -0.3 is 0 Å². The topological polar surface area (TPSA) is 0 Å². The first-order chi connectivity index (χ1) is 6.34. The van der Waals surface area contributed by atoms with Crippen LogP contribution in [-0.4, -0.2) is 0 Å². The predicted molar refractivity (Wildman–Crippen MR) is 59.9 cm³/mol. The zero-order valence-electron chi connectivity index (χ0n) is 9.31. The van der Waals surface area contributed by atoms with Crippen LogP contribution in [0.25, 0.3) is 0 Å². The Morgan fingerprint density at radius 2 is 1.77 bits per heavy atom. The zero-order chi connectivity index (χ0) is 9.52. The fourth-order valence-electron chi connectivity index (χ4n) is 1.88. The number of rotatable bonds is 8. The normalized spacial score (nSPS) is 16.9. The molecule has 76 valence electrons. The standard InChI is InChI=1S/C13H24/c1-3-4-5-6-7-8-9-12(2)13-10-11-13/h10,12H,3-9,11H2,1-2H3. The van der Waals surface area contributed by atoms with Crippen molar-refractivity contribution in [3.63, 3.8) is 0 Å². The summed E-state index contributed by atoms with van der Waals surface area (Å²) in [5.41, 5.74) is 1.72. The second-order valence-corrected chi connectivity index (χ2v) is 4.44. The first kappa shape index (κ1) is 10.8. The van der Waals surface area contributed by atoms with Gasteiger partial charge in [0.05, 0.1) is 0 Å². The van der Waals surface area contributed by atoms with E-state index in [9.17, 15) is 0 Å². The van der Waals surface area contributed by atoms with Crippen LogP contribution in [-0.2, 0) is 0 Å². The van der Waals surface area contributed by atoms with Gasteiger partial charge in [0, 0.05) is 0 Å². The molecule has 1 aliphatic rings. The maximum absolute atomic E-state index is 2.38. The minimum atomic E-state index is 0.895. The molecule has 1 aliphatic carbocycles. The van der Waals surface area contributed by atoms with Gasteiger partial charge in [-0.15, -0.1) is 0 Å². The van der Waals surface area contributed by atoms with Gasteiger partial charge >= 0.3 is 0 Å². The van der Waals surface area contributed by atoms with Crippen LogP contribution >= 0.6 is 0 Å². The SMILES string of the molecule is CCCCCCCCC(C)C1=CC1. The Hall–Kier alpha value is -0.260. The van der Waals surface area contributed by atoms with Crippen LogP contribution in [0.15, 0.2) is 11.6 Å². The molecule has 0 saturated carbocycles. The molecule has 1 rings (SSSR count). The van der Waals surface area contributed by atoms with Crippen molar-refractivity contribution in [2.24, 2.45) is 5.92 Å². The van der Waals surface area contributed by atoms with E-state index in [1.165, 1.54) is 51.4 Å².